The number of benzene rings is 1. The lowest BCUT2D eigenvalue weighted by molar-refractivity contribution is -0.137. The number of halogens is 2. The first kappa shape index (κ1) is 18.7. The highest BCUT2D eigenvalue weighted by atomic mass is 79.9. The molecule has 0 saturated carbocycles. The summed E-state index contributed by atoms with van der Waals surface area (Å²) in [5, 5.41) is 3.53. The van der Waals surface area contributed by atoms with E-state index in [1.807, 2.05) is 24.3 Å². The fourth-order valence-corrected chi connectivity index (χ4v) is 3.71. The Morgan fingerprint density at radius 1 is 1.12 bits per heavy atom. The summed E-state index contributed by atoms with van der Waals surface area (Å²) in [5.74, 6) is -1.57. The summed E-state index contributed by atoms with van der Waals surface area (Å²) in [6.07, 6.45) is 0. The zero-order valence-electron chi connectivity index (χ0n) is 13.5. The largest absolute Gasteiger partial charge is 0.466 e. The minimum Gasteiger partial charge on any atom is -0.466 e. The molecule has 1 aliphatic heterocycles. The van der Waals surface area contributed by atoms with Gasteiger partial charge in [-0.1, -0.05) is 50.1 Å². The molecule has 0 aromatic heterocycles. The van der Waals surface area contributed by atoms with Crippen LogP contribution in [0.5, 0.6) is 0 Å². The maximum atomic E-state index is 12.5. The summed E-state index contributed by atoms with van der Waals surface area (Å²) in [6.45, 7) is 1.78. The van der Waals surface area contributed by atoms with E-state index in [0.29, 0.717) is 27.9 Å². The van der Waals surface area contributed by atoms with Crippen LogP contribution in [0.2, 0.25) is 0 Å². The molecule has 128 valence electrons. The van der Waals surface area contributed by atoms with Crippen molar-refractivity contribution in [3.63, 3.8) is 0 Å². The molecule has 5 nitrogen and oxygen atoms in total. The van der Waals surface area contributed by atoms with Crippen molar-refractivity contribution in [3.05, 3.63) is 56.8 Å². The van der Waals surface area contributed by atoms with Crippen LogP contribution in [0.4, 0.5) is 0 Å². The van der Waals surface area contributed by atoms with Crippen LogP contribution in [0.3, 0.4) is 0 Å². The zero-order valence-corrected chi connectivity index (χ0v) is 16.7. The fraction of sp³-hybridized carbons (Fsp3) is 0.294. The number of hydrogen-bond acceptors (Lipinski definition) is 5. The number of hydrogen-bond donors (Lipinski definition) is 1. The number of dihydropyridines is 1. The minimum atomic E-state index is -0.589. The van der Waals surface area contributed by atoms with Crippen LogP contribution in [0.1, 0.15) is 18.4 Å². The van der Waals surface area contributed by atoms with Gasteiger partial charge in [-0.25, -0.2) is 9.59 Å². The summed E-state index contributed by atoms with van der Waals surface area (Å²) in [5.41, 5.74) is 2.86. The van der Waals surface area contributed by atoms with Gasteiger partial charge < -0.3 is 14.8 Å². The molecular formula is C17H17Br2NO4. The van der Waals surface area contributed by atoms with Gasteiger partial charge in [0.05, 0.1) is 31.3 Å². The molecule has 0 saturated heterocycles. The normalized spacial score (nSPS) is 17.5. The lowest BCUT2D eigenvalue weighted by Crippen LogP contribution is -2.33. The Balaban J connectivity index is 2.76. The fourth-order valence-electron chi connectivity index (χ4n) is 2.75. The summed E-state index contributed by atoms with van der Waals surface area (Å²) < 4.78 is 10.7. The third-order valence-electron chi connectivity index (χ3n) is 3.81. The molecule has 1 atom stereocenters. The quantitative estimate of drug-likeness (QED) is 0.553. The minimum absolute atomic E-state index is 0.382. The van der Waals surface area contributed by atoms with Crippen molar-refractivity contribution in [1.82, 2.24) is 5.32 Å². The number of ether oxygens (including phenoxy) is 2. The van der Waals surface area contributed by atoms with E-state index >= 15 is 0 Å². The molecule has 1 aliphatic rings. The zero-order chi connectivity index (χ0) is 17.9. The van der Waals surface area contributed by atoms with E-state index in [4.69, 9.17) is 9.47 Å². The number of nitrogens with one attached hydrogen (secondary N) is 1. The van der Waals surface area contributed by atoms with Gasteiger partial charge in [-0.15, -0.1) is 0 Å². The van der Waals surface area contributed by atoms with Gasteiger partial charge in [0.2, 0.25) is 0 Å². The first-order chi connectivity index (χ1) is 11.5. The Kier molecular flexibility index (Phi) is 6.23. The molecular weight excluding hydrogens is 442 g/mol. The number of alkyl halides is 1. The van der Waals surface area contributed by atoms with E-state index in [9.17, 15) is 9.59 Å². The molecule has 0 amide bonds. The standard InChI is InChI=1S/C17H17Br2NO4/c1-9-13(16(21)23-2)14(10-6-4-5-7-11(10)19)15(17(22)24-3)12(8-18)20-9/h4-7,14,20H,8H2,1-3H3. The van der Waals surface area contributed by atoms with Gasteiger partial charge in [0.25, 0.3) is 0 Å². The predicted molar refractivity (Wildman–Crippen MR) is 97.6 cm³/mol. The van der Waals surface area contributed by atoms with Gasteiger partial charge in [0.15, 0.2) is 0 Å². The van der Waals surface area contributed by atoms with Crippen molar-refractivity contribution in [3.8, 4) is 0 Å². The Hall–Kier alpha value is -1.60. The number of rotatable bonds is 4. The SMILES string of the molecule is COC(=O)C1=C(C)NC(CBr)=C(C(=O)OC)C1c1ccccc1Br. The average Bonchev–Trinajstić information content (AvgIpc) is 2.59. The molecule has 1 heterocycles. The molecule has 7 heteroatoms. The van der Waals surface area contributed by atoms with E-state index in [1.54, 1.807) is 6.92 Å². The topological polar surface area (TPSA) is 64.6 Å². The van der Waals surface area contributed by atoms with Crippen molar-refractivity contribution < 1.29 is 19.1 Å². The molecule has 0 spiro atoms. The highest BCUT2D eigenvalue weighted by Gasteiger charge is 2.39. The molecule has 1 N–H and O–H groups in total. The summed E-state index contributed by atoms with van der Waals surface area (Å²) in [7, 11) is 2.64. The smallest absolute Gasteiger partial charge is 0.336 e. The summed E-state index contributed by atoms with van der Waals surface area (Å²) in [6, 6.07) is 7.46. The average molecular weight is 459 g/mol. The second-order valence-corrected chi connectivity index (χ2v) is 6.54. The van der Waals surface area contributed by atoms with Gasteiger partial charge in [0.1, 0.15) is 0 Å². The van der Waals surface area contributed by atoms with E-state index < -0.39 is 17.9 Å². The first-order valence-electron chi connectivity index (χ1n) is 7.14. The molecule has 0 aliphatic carbocycles. The van der Waals surface area contributed by atoms with Crippen LogP contribution in [0, 0.1) is 0 Å². The molecule has 1 unspecified atom stereocenters. The Morgan fingerprint density at radius 2 is 1.71 bits per heavy atom. The second-order valence-electron chi connectivity index (χ2n) is 5.13. The third-order valence-corrected chi connectivity index (χ3v) is 5.09. The number of carbonyl (C=O) groups excluding carboxylic acids is 2. The highest BCUT2D eigenvalue weighted by Crippen LogP contribution is 2.42. The number of methoxy groups -OCH3 is 2. The maximum absolute atomic E-state index is 12.5. The van der Waals surface area contributed by atoms with Crippen molar-refractivity contribution in [2.24, 2.45) is 0 Å². The van der Waals surface area contributed by atoms with Gasteiger partial charge in [0, 0.05) is 21.2 Å². The molecule has 24 heavy (non-hydrogen) atoms. The number of allylic oxidation sites excluding steroid dienone is 2. The lowest BCUT2D eigenvalue weighted by Gasteiger charge is -2.31. The predicted octanol–water partition coefficient (Wildman–Crippen LogP) is 3.40. The number of esters is 2. The molecule has 0 bridgehead atoms. The van der Waals surface area contributed by atoms with E-state index in [2.05, 4.69) is 37.2 Å². The maximum Gasteiger partial charge on any atom is 0.336 e. The van der Waals surface area contributed by atoms with Crippen LogP contribution in [-0.2, 0) is 19.1 Å². The second kappa shape index (κ2) is 7.98. The van der Waals surface area contributed by atoms with Crippen LogP contribution < -0.4 is 5.32 Å². The molecule has 1 aromatic carbocycles. The van der Waals surface area contributed by atoms with E-state index in [-0.39, 0.29) is 0 Å². The van der Waals surface area contributed by atoms with Crippen LogP contribution in [0.15, 0.2) is 51.3 Å². The van der Waals surface area contributed by atoms with Crippen molar-refractivity contribution in [2.45, 2.75) is 12.8 Å². The van der Waals surface area contributed by atoms with Crippen molar-refractivity contribution in [2.75, 3.05) is 19.5 Å². The number of carbonyl (C=O) groups is 2. The molecule has 0 fully saturated rings. The molecule has 1 aromatic rings. The lowest BCUT2D eigenvalue weighted by atomic mass is 9.80. The van der Waals surface area contributed by atoms with Crippen LogP contribution in [-0.4, -0.2) is 31.5 Å². The van der Waals surface area contributed by atoms with Gasteiger partial charge in [-0.3, -0.25) is 0 Å². The van der Waals surface area contributed by atoms with Gasteiger partial charge in [-0.2, -0.15) is 0 Å². The van der Waals surface area contributed by atoms with Crippen molar-refractivity contribution in [1.29, 1.82) is 0 Å². The van der Waals surface area contributed by atoms with Gasteiger partial charge >= 0.3 is 11.9 Å². The molecule has 0 radical (unpaired) electrons. The highest BCUT2D eigenvalue weighted by molar-refractivity contribution is 9.10. The summed E-state index contributed by atoms with van der Waals surface area (Å²) >= 11 is 6.90. The van der Waals surface area contributed by atoms with Crippen molar-refractivity contribution >= 4 is 43.8 Å². The van der Waals surface area contributed by atoms with E-state index in [0.717, 1.165) is 10.0 Å². The molecule has 2 rings (SSSR count). The Bertz CT molecular complexity index is 740. The van der Waals surface area contributed by atoms with Gasteiger partial charge in [-0.05, 0) is 18.6 Å². The Labute approximate surface area is 157 Å². The third kappa shape index (κ3) is 3.42. The first-order valence-corrected chi connectivity index (χ1v) is 9.05. The Morgan fingerprint density at radius 3 is 2.25 bits per heavy atom. The summed E-state index contributed by atoms with van der Waals surface area (Å²) in [4.78, 5) is 24.9. The monoisotopic (exact) mass is 457 g/mol. The van der Waals surface area contributed by atoms with Crippen LogP contribution in [0.25, 0.3) is 0 Å². The van der Waals surface area contributed by atoms with Crippen LogP contribution >= 0.6 is 31.9 Å². The van der Waals surface area contributed by atoms with E-state index in [1.165, 1.54) is 14.2 Å².